The molecule has 1 aromatic carbocycles. The van der Waals surface area contributed by atoms with Gasteiger partial charge in [-0.2, -0.15) is 0 Å². The van der Waals surface area contributed by atoms with Crippen LogP contribution >= 0.6 is 11.3 Å². The summed E-state index contributed by atoms with van der Waals surface area (Å²) < 4.78 is 0. The van der Waals surface area contributed by atoms with E-state index in [-0.39, 0.29) is 0 Å². The number of nitrogens with zero attached hydrogens (tertiary/aromatic N) is 2. The number of hydrogen-bond donors (Lipinski definition) is 2. The summed E-state index contributed by atoms with van der Waals surface area (Å²) in [6.07, 6.45) is 2.33. The van der Waals surface area contributed by atoms with Gasteiger partial charge in [-0.3, -0.25) is 0 Å². The normalized spacial score (nSPS) is 17.5. The zero-order valence-electron chi connectivity index (χ0n) is 15.9. The molecule has 2 aromatic rings. The van der Waals surface area contributed by atoms with Gasteiger partial charge in [0.25, 0.3) is 0 Å². The molecule has 1 aliphatic rings. The number of aliphatic imine (C=N–C) groups is 1. The van der Waals surface area contributed by atoms with Crippen molar-refractivity contribution in [2.24, 2.45) is 10.9 Å². The number of para-hydroxylation sites is 1. The molecule has 26 heavy (non-hydrogen) atoms. The summed E-state index contributed by atoms with van der Waals surface area (Å²) in [5, 5.41) is 6.91. The van der Waals surface area contributed by atoms with Gasteiger partial charge in [0.1, 0.15) is 0 Å². The van der Waals surface area contributed by atoms with E-state index in [2.05, 4.69) is 71.8 Å². The third kappa shape index (κ3) is 5.24. The first kappa shape index (κ1) is 18.8. The van der Waals surface area contributed by atoms with E-state index in [0.29, 0.717) is 5.92 Å². The zero-order valence-corrected chi connectivity index (χ0v) is 16.7. The fourth-order valence-corrected chi connectivity index (χ4v) is 4.19. The lowest BCUT2D eigenvalue weighted by atomic mass is 10.1. The lowest BCUT2D eigenvalue weighted by molar-refractivity contribution is 0.566. The van der Waals surface area contributed by atoms with Crippen molar-refractivity contribution in [3.8, 4) is 0 Å². The molecule has 1 unspecified atom stereocenters. The maximum absolute atomic E-state index is 4.76. The van der Waals surface area contributed by atoms with Crippen LogP contribution in [-0.4, -0.2) is 32.1 Å². The molecule has 140 valence electrons. The van der Waals surface area contributed by atoms with E-state index in [1.807, 2.05) is 11.3 Å². The minimum Gasteiger partial charge on any atom is -0.371 e. The highest BCUT2D eigenvalue weighted by Gasteiger charge is 2.22. The van der Waals surface area contributed by atoms with Crippen LogP contribution in [0.25, 0.3) is 0 Å². The SMILES string of the molecule is CCNC(=NCc1ccc(CC)s1)NCC1CCN(c2ccccc2)C1. The van der Waals surface area contributed by atoms with E-state index >= 15 is 0 Å². The van der Waals surface area contributed by atoms with E-state index < -0.39 is 0 Å². The van der Waals surface area contributed by atoms with Crippen molar-refractivity contribution in [1.82, 2.24) is 10.6 Å². The Hall–Kier alpha value is -2.01. The Morgan fingerprint density at radius 2 is 1.92 bits per heavy atom. The molecule has 3 rings (SSSR count). The van der Waals surface area contributed by atoms with Crippen molar-refractivity contribution < 1.29 is 0 Å². The van der Waals surface area contributed by atoms with Gasteiger partial charge in [0.2, 0.25) is 0 Å². The van der Waals surface area contributed by atoms with Crippen LogP contribution in [0.1, 0.15) is 30.0 Å². The van der Waals surface area contributed by atoms with E-state index in [1.165, 1.54) is 21.9 Å². The molecule has 0 saturated carbocycles. The van der Waals surface area contributed by atoms with E-state index in [1.54, 1.807) is 0 Å². The fourth-order valence-electron chi connectivity index (χ4n) is 3.31. The summed E-state index contributed by atoms with van der Waals surface area (Å²) in [5.74, 6) is 1.59. The molecular weight excluding hydrogens is 340 g/mol. The van der Waals surface area contributed by atoms with Gasteiger partial charge < -0.3 is 15.5 Å². The summed E-state index contributed by atoms with van der Waals surface area (Å²) >= 11 is 1.86. The molecule has 1 fully saturated rings. The topological polar surface area (TPSA) is 39.7 Å². The summed E-state index contributed by atoms with van der Waals surface area (Å²) in [4.78, 5) is 10.0. The maximum atomic E-state index is 4.76. The molecule has 0 spiro atoms. The van der Waals surface area contributed by atoms with Gasteiger partial charge in [0, 0.05) is 41.6 Å². The van der Waals surface area contributed by atoms with E-state index in [0.717, 1.165) is 45.1 Å². The second kappa shape index (κ2) is 9.62. The van der Waals surface area contributed by atoms with Gasteiger partial charge in [-0.05, 0) is 49.9 Å². The lowest BCUT2D eigenvalue weighted by Crippen LogP contribution is -2.40. The smallest absolute Gasteiger partial charge is 0.191 e. The third-order valence-electron chi connectivity index (χ3n) is 4.77. The summed E-state index contributed by atoms with van der Waals surface area (Å²) in [5.41, 5.74) is 1.33. The highest BCUT2D eigenvalue weighted by Crippen LogP contribution is 2.23. The Bertz CT molecular complexity index is 695. The van der Waals surface area contributed by atoms with Crippen molar-refractivity contribution in [3.05, 3.63) is 52.2 Å². The largest absolute Gasteiger partial charge is 0.371 e. The number of benzene rings is 1. The Labute approximate surface area is 161 Å². The number of hydrogen-bond acceptors (Lipinski definition) is 3. The van der Waals surface area contributed by atoms with Crippen LogP contribution in [0, 0.1) is 5.92 Å². The van der Waals surface area contributed by atoms with Crippen LogP contribution < -0.4 is 15.5 Å². The molecule has 1 aromatic heterocycles. The highest BCUT2D eigenvalue weighted by atomic mass is 32.1. The van der Waals surface area contributed by atoms with Crippen molar-refractivity contribution in [3.63, 3.8) is 0 Å². The van der Waals surface area contributed by atoms with Crippen molar-refractivity contribution in [1.29, 1.82) is 0 Å². The van der Waals surface area contributed by atoms with Crippen molar-refractivity contribution in [2.45, 2.75) is 33.2 Å². The number of thiophene rings is 1. The molecule has 2 heterocycles. The molecule has 5 heteroatoms. The molecule has 1 aliphatic heterocycles. The molecule has 0 bridgehead atoms. The number of rotatable bonds is 7. The van der Waals surface area contributed by atoms with Crippen LogP contribution in [0.2, 0.25) is 0 Å². The minimum atomic E-state index is 0.660. The van der Waals surface area contributed by atoms with E-state index in [9.17, 15) is 0 Å². The molecule has 1 atom stereocenters. The Balaban J connectivity index is 1.50. The summed E-state index contributed by atoms with van der Waals surface area (Å²) in [6, 6.07) is 15.1. The zero-order chi connectivity index (χ0) is 18.2. The number of guanidine groups is 1. The minimum absolute atomic E-state index is 0.660. The predicted octanol–water partition coefficient (Wildman–Crippen LogP) is 3.89. The standard InChI is InChI=1S/C21H30N4S/c1-3-19-10-11-20(26-19)15-24-21(22-4-2)23-14-17-12-13-25(16-17)18-8-6-5-7-9-18/h5-11,17H,3-4,12-16H2,1-2H3,(H2,22,23,24). The maximum Gasteiger partial charge on any atom is 0.191 e. The first-order valence-electron chi connectivity index (χ1n) is 9.68. The van der Waals surface area contributed by atoms with Crippen LogP contribution in [0.3, 0.4) is 0 Å². The second-order valence-corrected chi connectivity index (χ2v) is 7.99. The Kier molecular flexibility index (Phi) is 6.95. The fraction of sp³-hybridized carbons (Fsp3) is 0.476. The quantitative estimate of drug-likeness (QED) is 0.574. The third-order valence-corrected chi connectivity index (χ3v) is 5.98. The van der Waals surface area contributed by atoms with Gasteiger partial charge in [-0.1, -0.05) is 25.1 Å². The number of aryl methyl sites for hydroxylation is 1. The molecular formula is C21H30N4S. The van der Waals surface area contributed by atoms with E-state index in [4.69, 9.17) is 4.99 Å². The monoisotopic (exact) mass is 370 g/mol. The van der Waals surface area contributed by atoms with Crippen LogP contribution in [-0.2, 0) is 13.0 Å². The van der Waals surface area contributed by atoms with Gasteiger partial charge in [-0.15, -0.1) is 11.3 Å². The average Bonchev–Trinajstić information content (AvgIpc) is 3.34. The molecule has 0 radical (unpaired) electrons. The predicted molar refractivity (Wildman–Crippen MR) is 113 cm³/mol. The van der Waals surface area contributed by atoms with Gasteiger partial charge in [0.05, 0.1) is 6.54 Å². The second-order valence-electron chi connectivity index (χ2n) is 6.73. The molecule has 0 amide bonds. The lowest BCUT2D eigenvalue weighted by Gasteiger charge is -2.19. The van der Waals surface area contributed by atoms with Gasteiger partial charge in [-0.25, -0.2) is 4.99 Å². The average molecular weight is 371 g/mol. The molecule has 1 saturated heterocycles. The Morgan fingerprint density at radius 1 is 1.12 bits per heavy atom. The molecule has 0 aliphatic carbocycles. The van der Waals surface area contributed by atoms with Gasteiger partial charge in [0.15, 0.2) is 5.96 Å². The van der Waals surface area contributed by atoms with Crippen molar-refractivity contribution >= 4 is 23.0 Å². The van der Waals surface area contributed by atoms with Gasteiger partial charge >= 0.3 is 0 Å². The Morgan fingerprint density at radius 3 is 2.65 bits per heavy atom. The molecule has 4 nitrogen and oxygen atoms in total. The van der Waals surface area contributed by atoms with Crippen molar-refractivity contribution in [2.75, 3.05) is 31.1 Å². The van der Waals surface area contributed by atoms with Crippen LogP contribution in [0.15, 0.2) is 47.5 Å². The van der Waals surface area contributed by atoms with Crippen LogP contribution in [0.5, 0.6) is 0 Å². The number of anilines is 1. The highest BCUT2D eigenvalue weighted by molar-refractivity contribution is 7.11. The summed E-state index contributed by atoms with van der Waals surface area (Å²) in [6.45, 7) is 9.17. The van der Waals surface area contributed by atoms with Crippen LogP contribution in [0.4, 0.5) is 5.69 Å². The number of nitrogens with one attached hydrogen (secondary N) is 2. The first-order chi connectivity index (χ1) is 12.8. The first-order valence-corrected chi connectivity index (χ1v) is 10.5. The summed E-state index contributed by atoms with van der Waals surface area (Å²) in [7, 11) is 0. The molecule has 2 N–H and O–H groups in total.